The Morgan fingerprint density at radius 2 is 2.00 bits per heavy atom. The lowest BCUT2D eigenvalue weighted by molar-refractivity contribution is -0.118. The second-order valence-corrected chi connectivity index (χ2v) is 6.65. The molecule has 22 heavy (non-hydrogen) atoms. The highest BCUT2D eigenvalue weighted by Gasteiger charge is 2.48. The molecular formula is C18H26N2O2. The van der Waals surface area contributed by atoms with E-state index in [2.05, 4.69) is 36.1 Å². The van der Waals surface area contributed by atoms with Gasteiger partial charge in [-0.1, -0.05) is 24.1 Å². The minimum absolute atomic E-state index is 0.0126. The number of carbonyl (C=O) groups is 1. The van der Waals surface area contributed by atoms with E-state index in [9.17, 15) is 4.79 Å². The summed E-state index contributed by atoms with van der Waals surface area (Å²) in [6, 6.07) is 8.29. The molecule has 1 spiro atoms. The first-order valence-corrected chi connectivity index (χ1v) is 8.26. The molecule has 0 aliphatic carbocycles. The van der Waals surface area contributed by atoms with Crippen LogP contribution in [0.3, 0.4) is 0 Å². The number of methoxy groups -OCH3 is 1. The molecule has 2 aliphatic heterocycles. The highest BCUT2D eigenvalue weighted by atomic mass is 16.5. The normalized spacial score (nSPS) is 26.1. The van der Waals surface area contributed by atoms with Crippen molar-refractivity contribution in [3.8, 4) is 0 Å². The molecular weight excluding hydrogens is 276 g/mol. The summed E-state index contributed by atoms with van der Waals surface area (Å²) in [5, 5.41) is 0. The fourth-order valence-corrected chi connectivity index (χ4v) is 3.86. The zero-order chi connectivity index (χ0) is 15.6. The van der Waals surface area contributed by atoms with Crippen LogP contribution in [0.1, 0.15) is 31.2 Å². The van der Waals surface area contributed by atoms with Crippen molar-refractivity contribution in [1.82, 2.24) is 4.90 Å². The Morgan fingerprint density at radius 1 is 1.23 bits per heavy atom. The molecule has 1 aromatic rings. The van der Waals surface area contributed by atoms with E-state index in [-0.39, 0.29) is 11.4 Å². The topological polar surface area (TPSA) is 32.8 Å². The fraction of sp³-hybridized carbons (Fsp3) is 0.611. The lowest BCUT2D eigenvalue weighted by Crippen LogP contribution is -2.54. The highest BCUT2D eigenvalue weighted by Crippen LogP contribution is 2.38. The van der Waals surface area contributed by atoms with E-state index in [1.165, 1.54) is 18.4 Å². The number of hydrogen-bond acceptors (Lipinski definition) is 3. The standard InChI is InChI=1S/C18H26N2O2/c1-15-5-7-16(8-6-15)20-14-18(13-17(20)21)9-3-4-10-19(18)11-12-22-2/h5-8H,3-4,9-14H2,1-2H3/t18-/m0/s1. The van der Waals surface area contributed by atoms with Gasteiger partial charge >= 0.3 is 0 Å². The number of nitrogens with zero attached hydrogens (tertiary/aromatic N) is 2. The van der Waals surface area contributed by atoms with Gasteiger partial charge in [-0.15, -0.1) is 0 Å². The molecule has 4 heteroatoms. The van der Waals surface area contributed by atoms with Crippen LogP contribution in [0.25, 0.3) is 0 Å². The van der Waals surface area contributed by atoms with Crippen LogP contribution in [0.4, 0.5) is 5.69 Å². The third-order valence-electron chi connectivity index (χ3n) is 5.14. The molecule has 0 bridgehead atoms. The molecule has 0 aromatic heterocycles. The number of anilines is 1. The molecule has 3 rings (SSSR count). The largest absolute Gasteiger partial charge is 0.383 e. The number of likely N-dealkylation sites (tertiary alicyclic amines) is 1. The molecule has 2 fully saturated rings. The Kier molecular flexibility index (Phi) is 4.50. The number of aryl methyl sites for hydroxylation is 1. The molecule has 1 atom stereocenters. The van der Waals surface area contributed by atoms with Crippen molar-refractivity contribution < 1.29 is 9.53 Å². The molecule has 2 saturated heterocycles. The Balaban J connectivity index is 1.80. The average molecular weight is 302 g/mol. The summed E-state index contributed by atoms with van der Waals surface area (Å²) in [5.74, 6) is 0.258. The van der Waals surface area contributed by atoms with Crippen LogP contribution in [-0.4, -0.2) is 49.7 Å². The Hall–Kier alpha value is -1.39. The summed E-state index contributed by atoms with van der Waals surface area (Å²) < 4.78 is 5.26. The second-order valence-electron chi connectivity index (χ2n) is 6.65. The summed E-state index contributed by atoms with van der Waals surface area (Å²) in [6.07, 6.45) is 4.21. The monoisotopic (exact) mass is 302 g/mol. The van der Waals surface area contributed by atoms with Crippen LogP contribution < -0.4 is 4.90 Å². The number of benzene rings is 1. The molecule has 4 nitrogen and oxygen atoms in total. The van der Waals surface area contributed by atoms with Gasteiger partial charge < -0.3 is 9.64 Å². The predicted octanol–water partition coefficient (Wildman–Crippen LogP) is 2.60. The van der Waals surface area contributed by atoms with E-state index >= 15 is 0 Å². The van der Waals surface area contributed by atoms with Crippen molar-refractivity contribution >= 4 is 11.6 Å². The van der Waals surface area contributed by atoms with Crippen LogP contribution in [0, 0.1) is 6.92 Å². The summed E-state index contributed by atoms with van der Waals surface area (Å²) in [5.41, 5.74) is 2.27. The first kappa shape index (κ1) is 15.5. The van der Waals surface area contributed by atoms with Crippen molar-refractivity contribution in [1.29, 1.82) is 0 Å². The van der Waals surface area contributed by atoms with Crippen molar-refractivity contribution in [2.24, 2.45) is 0 Å². The summed E-state index contributed by atoms with van der Waals surface area (Å²) in [6.45, 7) is 5.63. The van der Waals surface area contributed by atoms with Gasteiger partial charge in [0.15, 0.2) is 0 Å². The first-order valence-electron chi connectivity index (χ1n) is 8.26. The van der Waals surface area contributed by atoms with E-state index < -0.39 is 0 Å². The molecule has 120 valence electrons. The Morgan fingerprint density at radius 3 is 2.73 bits per heavy atom. The Labute approximate surface area is 133 Å². The lowest BCUT2D eigenvalue weighted by atomic mass is 9.85. The SMILES string of the molecule is COCCN1CCCC[C@@]12CC(=O)N(c1ccc(C)cc1)C2. The van der Waals surface area contributed by atoms with Gasteiger partial charge in [-0.05, 0) is 38.4 Å². The molecule has 2 heterocycles. The third-order valence-corrected chi connectivity index (χ3v) is 5.14. The van der Waals surface area contributed by atoms with E-state index in [4.69, 9.17) is 4.74 Å². The van der Waals surface area contributed by atoms with Gasteiger partial charge in [-0.3, -0.25) is 9.69 Å². The molecule has 1 amide bonds. The van der Waals surface area contributed by atoms with Gasteiger partial charge in [0.1, 0.15) is 0 Å². The van der Waals surface area contributed by atoms with Crippen LogP contribution >= 0.6 is 0 Å². The summed E-state index contributed by atoms with van der Waals surface area (Å²) in [7, 11) is 1.75. The van der Waals surface area contributed by atoms with Gasteiger partial charge in [0.05, 0.1) is 6.61 Å². The van der Waals surface area contributed by atoms with Crippen LogP contribution in [0.5, 0.6) is 0 Å². The van der Waals surface area contributed by atoms with Gasteiger partial charge in [0.25, 0.3) is 0 Å². The van der Waals surface area contributed by atoms with Gasteiger partial charge in [-0.2, -0.15) is 0 Å². The molecule has 0 N–H and O–H groups in total. The van der Waals surface area contributed by atoms with E-state index in [1.54, 1.807) is 7.11 Å². The molecule has 0 radical (unpaired) electrons. The number of ether oxygens (including phenoxy) is 1. The number of piperidine rings is 1. The van der Waals surface area contributed by atoms with Gasteiger partial charge in [-0.25, -0.2) is 0 Å². The van der Waals surface area contributed by atoms with Gasteiger partial charge in [0, 0.05) is 37.8 Å². The van der Waals surface area contributed by atoms with Crippen LogP contribution in [0.2, 0.25) is 0 Å². The molecule has 1 aromatic carbocycles. The number of rotatable bonds is 4. The smallest absolute Gasteiger partial charge is 0.228 e. The second kappa shape index (κ2) is 6.39. The highest BCUT2D eigenvalue weighted by molar-refractivity contribution is 5.97. The van der Waals surface area contributed by atoms with Crippen molar-refractivity contribution in [2.45, 2.75) is 38.1 Å². The predicted molar refractivity (Wildman–Crippen MR) is 88.2 cm³/mol. The number of hydrogen-bond donors (Lipinski definition) is 0. The quantitative estimate of drug-likeness (QED) is 0.857. The molecule has 0 saturated carbocycles. The lowest BCUT2D eigenvalue weighted by Gasteiger charge is -2.44. The minimum atomic E-state index is 0.0126. The van der Waals surface area contributed by atoms with Crippen molar-refractivity contribution in [3.05, 3.63) is 29.8 Å². The first-order chi connectivity index (χ1) is 10.6. The maximum atomic E-state index is 12.6. The van der Waals surface area contributed by atoms with Crippen LogP contribution in [-0.2, 0) is 9.53 Å². The maximum Gasteiger partial charge on any atom is 0.228 e. The maximum absolute atomic E-state index is 12.6. The average Bonchev–Trinajstić information content (AvgIpc) is 2.84. The zero-order valence-corrected chi connectivity index (χ0v) is 13.7. The zero-order valence-electron chi connectivity index (χ0n) is 13.7. The third kappa shape index (κ3) is 2.90. The van der Waals surface area contributed by atoms with E-state index in [1.807, 2.05) is 4.90 Å². The Bertz CT molecular complexity index is 528. The molecule has 2 aliphatic rings. The van der Waals surface area contributed by atoms with E-state index in [0.717, 1.165) is 38.3 Å². The van der Waals surface area contributed by atoms with Crippen LogP contribution in [0.15, 0.2) is 24.3 Å². The fourth-order valence-electron chi connectivity index (χ4n) is 3.86. The molecule has 0 unspecified atom stereocenters. The van der Waals surface area contributed by atoms with E-state index in [0.29, 0.717) is 6.42 Å². The van der Waals surface area contributed by atoms with Crippen molar-refractivity contribution in [3.63, 3.8) is 0 Å². The summed E-state index contributed by atoms with van der Waals surface area (Å²) in [4.78, 5) is 17.1. The number of amides is 1. The summed E-state index contributed by atoms with van der Waals surface area (Å²) >= 11 is 0. The van der Waals surface area contributed by atoms with Crippen molar-refractivity contribution in [2.75, 3.05) is 38.3 Å². The van der Waals surface area contributed by atoms with Gasteiger partial charge in [0.2, 0.25) is 5.91 Å². The number of carbonyl (C=O) groups excluding carboxylic acids is 1. The minimum Gasteiger partial charge on any atom is -0.383 e.